The summed E-state index contributed by atoms with van der Waals surface area (Å²) in [5.74, 6) is -0.136. The van der Waals surface area contributed by atoms with Gasteiger partial charge in [-0.25, -0.2) is 4.79 Å². The Balaban J connectivity index is 1.86. The summed E-state index contributed by atoms with van der Waals surface area (Å²) in [6.07, 6.45) is 0.647. The molecule has 3 amide bonds. The Hall–Kier alpha value is -2.99. The first kappa shape index (κ1) is 18.1. The zero-order valence-electron chi connectivity index (χ0n) is 16.3. The first-order valence-electron chi connectivity index (χ1n) is 9.73. The number of nitrogens with one attached hydrogen (secondary N) is 2. The average Bonchev–Trinajstić information content (AvgIpc) is 3.19. The monoisotopic (exact) mass is 408 g/mol. The molecule has 0 saturated heterocycles. The van der Waals surface area contributed by atoms with Gasteiger partial charge >= 0.3 is 6.03 Å². The van der Waals surface area contributed by atoms with Crippen LogP contribution in [0, 0.1) is 0 Å². The van der Waals surface area contributed by atoms with Gasteiger partial charge in [-0.3, -0.25) is 4.79 Å². The smallest absolute Gasteiger partial charge is 0.318 e. The highest BCUT2D eigenvalue weighted by atomic mass is 35.5. The minimum Gasteiger partial charge on any atom is -0.355 e. The van der Waals surface area contributed by atoms with Crippen LogP contribution < -0.4 is 10.2 Å². The summed E-state index contributed by atoms with van der Waals surface area (Å²) in [5.41, 5.74) is 3.13. The van der Waals surface area contributed by atoms with Crippen LogP contribution in [0.3, 0.4) is 0 Å². The van der Waals surface area contributed by atoms with Crippen molar-refractivity contribution in [3.63, 3.8) is 0 Å². The van der Waals surface area contributed by atoms with Crippen LogP contribution in [0.15, 0.2) is 42.5 Å². The summed E-state index contributed by atoms with van der Waals surface area (Å²) in [7, 11) is 1.76. The fourth-order valence-electron chi connectivity index (χ4n) is 4.86. The predicted molar refractivity (Wildman–Crippen MR) is 113 cm³/mol. The van der Waals surface area contributed by atoms with Gasteiger partial charge in [0.2, 0.25) is 0 Å². The summed E-state index contributed by atoms with van der Waals surface area (Å²) in [5, 5.41) is 4.54. The molecule has 2 N–H and O–H groups in total. The van der Waals surface area contributed by atoms with E-state index in [0.717, 1.165) is 33.4 Å². The van der Waals surface area contributed by atoms with Gasteiger partial charge in [0.1, 0.15) is 0 Å². The van der Waals surface area contributed by atoms with Gasteiger partial charge in [-0.15, -0.1) is 0 Å². The summed E-state index contributed by atoms with van der Waals surface area (Å²) in [6, 6.07) is 13.1. The molecule has 1 atom stereocenters. The molecule has 0 saturated carbocycles. The lowest BCUT2D eigenvalue weighted by Gasteiger charge is -2.43. The molecule has 5 rings (SSSR count). The second-order valence-electron chi connectivity index (χ2n) is 7.50. The lowest BCUT2D eigenvalue weighted by Crippen LogP contribution is -2.61. The number of H-pyrrole nitrogens is 1. The predicted octanol–water partition coefficient (Wildman–Crippen LogP) is 3.63. The minimum atomic E-state index is -1.22. The van der Waals surface area contributed by atoms with Gasteiger partial charge in [-0.1, -0.05) is 29.8 Å². The van der Waals surface area contributed by atoms with Crippen LogP contribution in [0.25, 0.3) is 10.9 Å². The first-order chi connectivity index (χ1) is 14.0. The zero-order chi connectivity index (χ0) is 20.3. The van der Waals surface area contributed by atoms with Crippen LogP contribution in [0.4, 0.5) is 10.5 Å². The Kier molecular flexibility index (Phi) is 3.90. The van der Waals surface area contributed by atoms with Crippen LogP contribution in [-0.2, 0) is 16.8 Å². The van der Waals surface area contributed by atoms with Gasteiger partial charge in [0.05, 0.1) is 5.69 Å². The summed E-state index contributed by atoms with van der Waals surface area (Å²) in [4.78, 5) is 33.7. The average molecular weight is 409 g/mol. The van der Waals surface area contributed by atoms with E-state index in [2.05, 4.69) is 10.3 Å². The molecule has 148 valence electrons. The molecular weight excluding hydrogens is 388 g/mol. The van der Waals surface area contributed by atoms with Crippen LogP contribution in [0.5, 0.6) is 0 Å². The maximum absolute atomic E-state index is 13.8. The third-order valence-corrected chi connectivity index (χ3v) is 6.30. The van der Waals surface area contributed by atoms with Crippen molar-refractivity contribution < 1.29 is 9.59 Å². The number of fused-ring (bicyclic) bond motifs is 6. The van der Waals surface area contributed by atoms with Crippen LogP contribution in [0.1, 0.15) is 23.7 Å². The number of aromatic amines is 1. The molecule has 1 spiro atoms. The number of amides is 3. The maximum Gasteiger partial charge on any atom is 0.318 e. The van der Waals surface area contributed by atoms with Crippen molar-refractivity contribution in [1.29, 1.82) is 0 Å². The van der Waals surface area contributed by atoms with Crippen molar-refractivity contribution in [2.24, 2.45) is 0 Å². The van der Waals surface area contributed by atoms with Gasteiger partial charge in [0, 0.05) is 47.3 Å². The molecule has 6 nitrogen and oxygen atoms in total. The first-order valence-corrected chi connectivity index (χ1v) is 10.1. The molecule has 2 aliphatic rings. The molecular formula is C22H21ClN4O2. The molecule has 3 heterocycles. The molecule has 3 aromatic rings. The van der Waals surface area contributed by atoms with Crippen molar-refractivity contribution in [1.82, 2.24) is 15.2 Å². The molecule has 0 radical (unpaired) electrons. The number of carbonyl (C=O) groups is 2. The van der Waals surface area contributed by atoms with Crippen molar-refractivity contribution in [2.45, 2.75) is 18.9 Å². The second-order valence-corrected chi connectivity index (χ2v) is 7.93. The van der Waals surface area contributed by atoms with E-state index in [-0.39, 0.29) is 11.9 Å². The van der Waals surface area contributed by atoms with Crippen molar-refractivity contribution in [3.05, 3.63) is 64.3 Å². The van der Waals surface area contributed by atoms with E-state index >= 15 is 0 Å². The Labute approximate surface area is 173 Å². The molecule has 0 bridgehead atoms. The molecule has 7 heteroatoms. The molecule has 1 aromatic heterocycles. The Morgan fingerprint density at radius 3 is 2.86 bits per heavy atom. The van der Waals surface area contributed by atoms with E-state index in [1.165, 1.54) is 0 Å². The van der Waals surface area contributed by atoms with Gasteiger partial charge < -0.3 is 20.1 Å². The lowest BCUT2D eigenvalue weighted by molar-refractivity contribution is -0.126. The molecule has 0 fully saturated rings. The zero-order valence-corrected chi connectivity index (χ0v) is 17.0. The Bertz CT molecular complexity index is 1170. The highest BCUT2D eigenvalue weighted by Gasteiger charge is 2.60. The SMILES string of the molecule is CCNC(=O)N1CCc2c([nH]c3ccc(Cl)cc23)C12C(=O)N(C)c1ccccc12. The van der Waals surface area contributed by atoms with Gasteiger partial charge in [-0.05, 0) is 43.2 Å². The summed E-state index contributed by atoms with van der Waals surface area (Å²) < 4.78 is 0. The molecule has 29 heavy (non-hydrogen) atoms. The fraction of sp³-hybridized carbons (Fsp3) is 0.273. The number of aromatic nitrogens is 1. The Morgan fingerprint density at radius 2 is 2.07 bits per heavy atom. The number of carbonyl (C=O) groups excluding carboxylic acids is 2. The highest BCUT2D eigenvalue weighted by molar-refractivity contribution is 6.31. The summed E-state index contributed by atoms with van der Waals surface area (Å²) >= 11 is 6.26. The maximum atomic E-state index is 13.8. The van der Waals surface area contributed by atoms with E-state index in [0.29, 0.717) is 24.5 Å². The number of anilines is 1. The molecule has 2 aromatic carbocycles. The minimum absolute atomic E-state index is 0.136. The Morgan fingerprint density at radius 1 is 1.28 bits per heavy atom. The number of halogens is 1. The largest absolute Gasteiger partial charge is 0.355 e. The van der Waals surface area contributed by atoms with Crippen molar-refractivity contribution in [3.8, 4) is 0 Å². The van der Waals surface area contributed by atoms with E-state index < -0.39 is 5.54 Å². The van der Waals surface area contributed by atoms with E-state index in [1.807, 2.05) is 49.4 Å². The van der Waals surface area contributed by atoms with E-state index in [4.69, 9.17) is 11.6 Å². The highest BCUT2D eigenvalue weighted by Crippen LogP contribution is 2.51. The number of para-hydroxylation sites is 1. The summed E-state index contributed by atoms with van der Waals surface area (Å²) in [6.45, 7) is 2.81. The molecule has 2 aliphatic heterocycles. The third kappa shape index (κ3) is 2.23. The quantitative estimate of drug-likeness (QED) is 0.645. The number of rotatable bonds is 1. The number of hydrogen-bond donors (Lipinski definition) is 2. The van der Waals surface area contributed by atoms with E-state index in [9.17, 15) is 9.59 Å². The molecule has 1 unspecified atom stereocenters. The third-order valence-electron chi connectivity index (χ3n) is 6.06. The van der Waals surface area contributed by atoms with Gasteiger partial charge in [0.15, 0.2) is 5.54 Å². The number of benzene rings is 2. The van der Waals surface area contributed by atoms with Crippen LogP contribution in [-0.4, -0.2) is 42.0 Å². The normalized spacial score (nSPS) is 20.3. The number of nitrogens with zero attached hydrogens (tertiary/aromatic N) is 2. The van der Waals surface area contributed by atoms with Crippen LogP contribution >= 0.6 is 11.6 Å². The standard InChI is InChI=1S/C22H21ClN4O2/c1-3-24-21(29)27-11-10-14-15-12-13(23)8-9-17(15)25-19(14)22(27)16-6-4-5-7-18(16)26(2)20(22)28/h4-9,12,25H,3,10-11H2,1-2H3,(H,24,29). The van der Waals surface area contributed by atoms with Crippen molar-refractivity contribution >= 4 is 40.1 Å². The van der Waals surface area contributed by atoms with E-state index in [1.54, 1.807) is 16.8 Å². The second kappa shape index (κ2) is 6.26. The van der Waals surface area contributed by atoms with Crippen LogP contribution in [0.2, 0.25) is 5.02 Å². The van der Waals surface area contributed by atoms with Gasteiger partial charge in [-0.2, -0.15) is 0 Å². The topological polar surface area (TPSA) is 68.4 Å². The lowest BCUT2D eigenvalue weighted by atomic mass is 9.80. The van der Waals surface area contributed by atoms with Crippen molar-refractivity contribution in [2.75, 3.05) is 25.0 Å². The molecule has 0 aliphatic carbocycles. The number of hydrogen-bond acceptors (Lipinski definition) is 2. The fourth-order valence-corrected chi connectivity index (χ4v) is 5.03. The number of urea groups is 1. The van der Waals surface area contributed by atoms with Gasteiger partial charge in [0.25, 0.3) is 5.91 Å². The number of likely N-dealkylation sites (N-methyl/N-ethyl adjacent to an activating group) is 1.